The number of fused-ring (bicyclic) bond motifs is 2. The minimum atomic E-state index is 0.279. The number of morpholine rings is 2. The van der Waals surface area contributed by atoms with Gasteiger partial charge in [0.2, 0.25) is 0 Å². The van der Waals surface area contributed by atoms with E-state index >= 15 is 0 Å². The Balaban J connectivity index is 1.82. The van der Waals surface area contributed by atoms with Gasteiger partial charge in [-0.25, -0.2) is 0 Å². The molecule has 18 heavy (non-hydrogen) atoms. The molecule has 0 aliphatic carbocycles. The first-order chi connectivity index (χ1) is 8.76. The second-order valence-electron chi connectivity index (χ2n) is 4.87. The first kappa shape index (κ1) is 11.6. The molecule has 2 fully saturated rings. The molecule has 0 saturated carbocycles. The lowest BCUT2D eigenvalue weighted by Crippen LogP contribution is -2.58. The Labute approximate surface area is 107 Å². The van der Waals surface area contributed by atoms with Crippen LogP contribution in [0.5, 0.6) is 5.75 Å². The molecule has 2 aliphatic heterocycles. The van der Waals surface area contributed by atoms with Crippen molar-refractivity contribution >= 4 is 11.4 Å². The van der Waals surface area contributed by atoms with Crippen LogP contribution in [-0.2, 0) is 4.74 Å². The maximum absolute atomic E-state index is 5.89. The fourth-order valence-electron chi connectivity index (χ4n) is 2.66. The smallest absolute Gasteiger partial charge is 0.143 e. The lowest BCUT2D eigenvalue weighted by molar-refractivity contribution is -0.0484. The molecule has 2 saturated heterocycles. The van der Waals surface area contributed by atoms with Gasteiger partial charge in [0.25, 0.3) is 0 Å². The molecule has 1 aromatic carbocycles. The maximum atomic E-state index is 5.89. The van der Waals surface area contributed by atoms with Crippen LogP contribution in [0.3, 0.4) is 0 Å². The van der Waals surface area contributed by atoms with Crippen LogP contribution in [0.1, 0.15) is 0 Å². The van der Waals surface area contributed by atoms with E-state index in [2.05, 4.69) is 10.2 Å². The molecule has 0 aromatic heterocycles. The van der Waals surface area contributed by atoms with E-state index in [0.29, 0.717) is 5.69 Å². The van der Waals surface area contributed by atoms with Gasteiger partial charge in [0, 0.05) is 37.9 Å². The number of anilines is 2. The van der Waals surface area contributed by atoms with Gasteiger partial charge in [0.05, 0.1) is 25.0 Å². The summed E-state index contributed by atoms with van der Waals surface area (Å²) in [5, 5.41) is 3.39. The van der Waals surface area contributed by atoms with Gasteiger partial charge in [-0.3, -0.25) is 0 Å². The summed E-state index contributed by atoms with van der Waals surface area (Å²) in [7, 11) is 1.65. The molecule has 0 spiro atoms. The lowest BCUT2D eigenvalue weighted by atomic mass is 10.1. The molecule has 2 heterocycles. The van der Waals surface area contributed by atoms with Crippen molar-refractivity contribution in [2.75, 3.05) is 43.9 Å². The molecule has 0 amide bonds. The van der Waals surface area contributed by atoms with Crippen molar-refractivity contribution in [3.05, 3.63) is 18.2 Å². The summed E-state index contributed by atoms with van der Waals surface area (Å²) in [5.41, 5.74) is 7.67. The second-order valence-corrected chi connectivity index (χ2v) is 4.87. The van der Waals surface area contributed by atoms with Crippen molar-refractivity contribution in [3.8, 4) is 5.75 Å². The Morgan fingerprint density at radius 3 is 2.72 bits per heavy atom. The van der Waals surface area contributed by atoms with Crippen molar-refractivity contribution in [1.82, 2.24) is 5.32 Å². The number of ether oxygens (including phenoxy) is 2. The summed E-state index contributed by atoms with van der Waals surface area (Å²) in [6.07, 6.45) is 0.557. The topological polar surface area (TPSA) is 59.8 Å². The van der Waals surface area contributed by atoms with Gasteiger partial charge in [0.1, 0.15) is 5.75 Å². The summed E-state index contributed by atoms with van der Waals surface area (Å²) >= 11 is 0. The summed E-state index contributed by atoms with van der Waals surface area (Å²) < 4.78 is 11.2. The van der Waals surface area contributed by atoms with Crippen LogP contribution in [0, 0.1) is 0 Å². The minimum absolute atomic E-state index is 0.279. The average molecular weight is 249 g/mol. The number of nitrogens with one attached hydrogen (secondary N) is 1. The van der Waals surface area contributed by atoms with E-state index in [4.69, 9.17) is 15.2 Å². The lowest BCUT2D eigenvalue weighted by Gasteiger charge is -2.43. The van der Waals surface area contributed by atoms with Crippen LogP contribution >= 0.6 is 0 Å². The van der Waals surface area contributed by atoms with Crippen LogP contribution in [0.2, 0.25) is 0 Å². The van der Waals surface area contributed by atoms with Crippen LogP contribution < -0.4 is 20.7 Å². The largest absolute Gasteiger partial charge is 0.495 e. The highest BCUT2D eigenvalue weighted by molar-refractivity contribution is 5.62. The molecule has 5 heteroatoms. The van der Waals surface area contributed by atoms with Crippen LogP contribution in [0.15, 0.2) is 18.2 Å². The number of hydrogen-bond acceptors (Lipinski definition) is 5. The zero-order chi connectivity index (χ0) is 12.5. The number of rotatable bonds is 2. The molecular weight excluding hydrogens is 230 g/mol. The molecule has 98 valence electrons. The van der Waals surface area contributed by atoms with E-state index in [1.165, 1.54) is 0 Å². The Hall–Kier alpha value is -1.46. The number of hydrogen-bond donors (Lipinski definition) is 2. The Morgan fingerprint density at radius 1 is 1.33 bits per heavy atom. The average Bonchev–Trinajstić information content (AvgIpc) is 2.39. The van der Waals surface area contributed by atoms with E-state index in [1.54, 1.807) is 7.11 Å². The summed E-state index contributed by atoms with van der Waals surface area (Å²) in [6.45, 7) is 3.69. The van der Waals surface area contributed by atoms with E-state index in [1.807, 2.05) is 18.2 Å². The Bertz CT molecular complexity index is 426. The molecule has 2 aliphatic rings. The third-order valence-corrected chi connectivity index (χ3v) is 3.56. The van der Waals surface area contributed by atoms with Gasteiger partial charge >= 0.3 is 0 Å². The van der Waals surface area contributed by atoms with E-state index in [9.17, 15) is 0 Å². The molecule has 1 aromatic rings. The van der Waals surface area contributed by atoms with Crippen molar-refractivity contribution in [2.45, 2.75) is 12.2 Å². The summed E-state index contributed by atoms with van der Waals surface area (Å²) in [4.78, 5) is 2.35. The zero-order valence-corrected chi connectivity index (χ0v) is 10.6. The first-order valence-corrected chi connectivity index (χ1v) is 6.31. The van der Waals surface area contributed by atoms with Gasteiger partial charge in [-0.05, 0) is 12.1 Å². The fraction of sp³-hybridized carbons (Fsp3) is 0.538. The molecule has 0 radical (unpaired) electrons. The van der Waals surface area contributed by atoms with Gasteiger partial charge in [-0.1, -0.05) is 0 Å². The number of benzene rings is 1. The monoisotopic (exact) mass is 249 g/mol. The molecule has 2 unspecified atom stereocenters. The Kier molecular flexibility index (Phi) is 3.01. The molecule has 3 N–H and O–H groups in total. The normalized spacial score (nSPS) is 27.1. The van der Waals surface area contributed by atoms with Crippen LogP contribution in [-0.4, -0.2) is 45.5 Å². The number of nitrogen functional groups attached to an aromatic ring is 1. The van der Waals surface area contributed by atoms with Crippen LogP contribution in [0.4, 0.5) is 11.4 Å². The third-order valence-electron chi connectivity index (χ3n) is 3.56. The Morgan fingerprint density at radius 2 is 2.06 bits per heavy atom. The molecule has 3 rings (SSSR count). The third kappa shape index (κ3) is 2.11. The van der Waals surface area contributed by atoms with Crippen molar-refractivity contribution in [3.63, 3.8) is 0 Å². The van der Waals surface area contributed by atoms with E-state index < -0.39 is 0 Å². The molecule has 5 nitrogen and oxygen atoms in total. The number of methoxy groups -OCH3 is 1. The van der Waals surface area contributed by atoms with Crippen molar-refractivity contribution in [2.24, 2.45) is 0 Å². The SMILES string of the molecule is COc1cc(N2CC3CNCC(C2)O3)ccc1N. The van der Waals surface area contributed by atoms with E-state index in [-0.39, 0.29) is 12.2 Å². The van der Waals surface area contributed by atoms with Crippen molar-refractivity contribution < 1.29 is 9.47 Å². The zero-order valence-electron chi connectivity index (χ0n) is 10.6. The quantitative estimate of drug-likeness (QED) is 0.745. The van der Waals surface area contributed by atoms with Gasteiger partial charge in [-0.15, -0.1) is 0 Å². The van der Waals surface area contributed by atoms with Crippen LogP contribution in [0.25, 0.3) is 0 Å². The highest BCUT2D eigenvalue weighted by atomic mass is 16.5. The molecule has 2 atom stereocenters. The highest BCUT2D eigenvalue weighted by Crippen LogP contribution is 2.29. The van der Waals surface area contributed by atoms with Gasteiger partial charge in [0.15, 0.2) is 0 Å². The second kappa shape index (κ2) is 4.66. The molecule has 2 bridgehead atoms. The predicted molar refractivity (Wildman–Crippen MR) is 71.2 cm³/mol. The number of nitrogens with zero attached hydrogens (tertiary/aromatic N) is 1. The molecular formula is C13H19N3O2. The van der Waals surface area contributed by atoms with Gasteiger partial charge in [-0.2, -0.15) is 0 Å². The summed E-state index contributed by atoms with van der Waals surface area (Å²) in [5.74, 6) is 0.738. The van der Waals surface area contributed by atoms with E-state index in [0.717, 1.165) is 37.6 Å². The highest BCUT2D eigenvalue weighted by Gasteiger charge is 2.31. The maximum Gasteiger partial charge on any atom is 0.143 e. The first-order valence-electron chi connectivity index (χ1n) is 6.31. The fourth-order valence-corrected chi connectivity index (χ4v) is 2.66. The summed E-state index contributed by atoms with van der Waals surface area (Å²) in [6, 6.07) is 5.95. The van der Waals surface area contributed by atoms with Crippen molar-refractivity contribution in [1.29, 1.82) is 0 Å². The number of nitrogens with two attached hydrogens (primary N) is 1. The minimum Gasteiger partial charge on any atom is -0.495 e. The van der Waals surface area contributed by atoms with Gasteiger partial charge < -0.3 is 25.4 Å². The predicted octanol–water partition coefficient (Wildman–Crippen LogP) is 0.454. The standard InChI is InChI=1S/C13H19N3O2/c1-17-13-4-9(2-3-12(13)14)16-7-10-5-15-6-11(8-16)18-10/h2-4,10-11,15H,5-8,14H2,1H3.